The number of hydrogen-bond donors (Lipinski definition) is 1. The maximum atomic E-state index is 12.3. The third kappa shape index (κ3) is 2.25. The van der Waals surface area contributed by atoms with Crippen molar-refractivity contribution in [3.8, 4) is 5.75 Å². The normalized spacial score (nSPS) is 14.6. The Balaban J connectivity index is 1.88. The highest BCUT2D eigenvalue weighted by molar-refractivity contribution is 6.00. The van der Waals surface area contributed by atoms with E-state index in [-0.39, 0.29) is 5.78 Å². The molecule has 19 heavy (non-hydrogen) atoms. The fourth-order valence-electron chi connectivity index (χ4n) is 2.28. The monoisotopic (exact) mass is 254 g/mol. The van der Waals surface area contributed by atoms with Gasteiger partial charge in [-0.05, 0) is 29.3 Å². The first-order valence-electron chi connectivity index (χ1n) is 6.28. The third-order valence-electron chi connectivity index (χ3n) is 3.34. The number of carbonyl (C=O) groups is 1. The predicted octanol–water partition coefficient (Wildman–Crippen LogP) is 2.54. The summed E-state index contributed by atoms with van der Waals surface area (Å²) in [5.41, 5.74) is 2.18. The molecule has 0 fully saturated rings. The van der Waals surface area contributed by atoms with Gasteiger partial charge in [0.25, 0.3) is 0 Å². The Morgan fingerprint density at radius 2 is 1.95 bits per heavy atom. The van der Waals surface area contributed by atoms with Gasteiger partial charge < -0.3 is 9.84 Å². The Morgan fingerprint density at radius 3 is 2.74 bits per heavy atom. The summed E-state index contributed by atoms with van der Waals surface area (Å²) in [6.07, 6.45) is -0.292. The number of benzene rings is 2. The Morgan fingerprint density at radius 1 is 1.16 bits per heavy atom. The van der Waals surface area contributed by atoms with Gasteiger partial charge >= 0.3 is 0 Å². The Bertz CT molecular complexity index is 605. The van der Waals surface area contributed by atoms with Gasteiger partial charge in [0.15, 0.2) is 5.78 Å². The van der Waals surface area contributed by atoms with Crippen LogP contribution in [0.3, 0.4) is 0 Å². The van der Waals surface area contributed by atoms with Gasteiger partial charge in [0, 0.05) is 12.0 Å². The van der Waals surface area contributed by atoms with E-state index in [9.17, 15) is 9.90 Å². The van der Waals surface area contributed by atoms with Crippen molar-refractivity contribution in [3.63, 3.8) is 0 Å². The number of aliphatic hydroxyl groups is 1. The molecule has 0 aromatic heterocycles. The lowest BCUT2D eigenvalue weighted by Crippen LogP contribution is -2.12. The summed E-state index contributed by atoms with van der Waals surface area (Å²) >= 11 is 0. The molecule has 0 radical (unpaired) electrons. The molecule has 0 aliphatic carbocycles. The average molecular weight is 254 g/mol. The molecule has 0 bridgehead atoms. The summed E-state index contributed by atoms with van der Waals surface area (Å²) in [6.45, 7) is 0.661. The van der Waals surface area contributed by atoms with Crippen LogP contribution in [0, 0.1) is 0 Å². The summed E-state index contributed by atoms with van der Waals surface area (Å²) < 4.78 is 5.40. The first-order valence-corrected chi connectivity index (χ1v) is 6.28. The molecule has 0 spiro atoms. The zero-order valence-electron chi connectivity index (χ0n) is 10.4. The lowest BCUT2D eigenvalue weighted by Gasteiger charge is -2.10. The molecule has 1 atom stereocenters. The van der Waals surface area contributed by atoms with Crippen LogP contribution in [0.1, 0.15) is 27.6 Å². The van der Waals surface area contributed by atoms with Crippen molar-refractivity contribution < 1.29 is 14.6 Å². The van der Waals surface area contributed by atoms with Gasteiger partial charge in [0.05, 0.1) is 6.61 Å². The largest absolute Gasteiger partial charge is 0.493 e. The number of fused-ring (bicyclic) bond motifs is 1. The quantitative estimate of drug-likeness (QED) is 0.856. The van der Waals surface area contributed by atoms with Crippen LogP contribution in [0.15, 0.2) is 48.5 Å². The van der Waals surface area contributed by atoms with Gasteiger partial charge in [0.1, 0.15) is 11.9 Å². The van der Waals surface area contributed by atoms with Crippen molar-refractivity contribution in [2.75, 3.05) is 6.61 Å². The fraction of sp³-hybridized carbons (Fsp3) is 0.188. The van der Waals surface area contributed by atoms with Gasteiger partial charge in [-0.15, -0.1) is 0 Å². The molecule has 2 aromatic carbocycles. The number of Topliss-reactive ketones (excluding diaryl/α,β-unsaturated/α-hetero) is 1. The molecule has 3 rings (SSSR count). The van der Waals surface area contributed by atoms with E-state index in [1.165, 1.54) is 0 Å². The van der Waals surface area contributed by atoms with E-state index >= 15 is 0 Å². The van der Waals surface area contributed by atoms with Gasteiger partial charge in [-0.25, -0.2) is 0 Å². The molecular formula is C16H14O3. The Kier molecular flexibility index (Phi) is 3.05. The molecule has 0 saturated carbocycles. The van der Waals surface area contributed by atoms with Crippen LogP contribution in [-0.4, -0.2) is 17.5 Å². The van der Waals surface area contributed by atoms with Crippen LogP contribution >= 0.6 is 0 Å². The zero-order chi connectivity index (χ0) is 13.2. The molecule has 2 aromatic rings. The number of ether oxygens (including phenoxy) is 1. The summed E-state index contributed by atoms with van der Waals surface area (Å²) in [4.78, 5) is 12.3. The van der Waals surface area contributed by atoms with Gasteiger partial charge in [-0.3, -0.25) is 4.79 Å². The van der Waals surface area contributed by atoms with Crippen LogP contribution in [0.4, 0.5) is 0 Å². The second-order valence-electron chi connectivity index (χ2n) is 4.60. The first-order chi connectivity index (χ1) is 9.25. The van der Waals surface area contributed by atoms with E-state index in [2.05, 4.69) is 0 Å². The number of carbonyl (C=O) groups excluding carboxylic acids is 1. The number of ketones is 1. The lowest BCUT2D eigenvalue weighted by atomic mass is 9.98. The van der Waals surface area contributed by atoms with Crippen LogP contribution in [-0.2, 0) is 6.42 Å². The maximum absolute atomic E-state index is 12.3. The summed E-state index contributed by atoms with van der Waals surface area (Å²) in [5.74, 6) is 0.562. The first kappa shape index (κ1) is 11.9. The fourth-order valence-corrected chi connectivity index (χ4v) is 2.28. The van der Waals surface area contributed by atoms with Gasteiger partial charge in [-0.1, -0.05) is 30.3 Å². The highest BCUT2D eigenvalue weighted by Gasteiger charge is 2.21. The van der Waals surface area contributed by atoms with Gasteiger partial charge in [-0.2, -0.15) is 0 Å². The molecule has 1 unspecified atom stereocenters. The van der Waals surface area contributed by atoms with Crippen LogP contribution in [0.2, 0.25) is 0 Å². The Hall–Kier alpha value is -2.13. The average Bonchev–Trinajstić information content (AvgIpc) is 2.94. The summed E-state index contributed by atoms with van der Waals surface area (Å²) in [6, 6.07) is 14.3. The predicted molar refractivity (Wildman–Crippen MR) is 71.4 cm³/mol. The summed E-state index contributed by atoms with van der Waals surface area (Å²) in [7, 11) is 0. The highest BCUT2D eigenvalue weighted by Crippen LogP contribution is 2.27. The molecule has 3 heteroatoms. The maximum Gasteiger partial charge on any atom is 0.195 e. The summed E-state index contributed by atoms with van der Waals surface area (Å²) in [5, 5.41) is 10.1. The number of rotatable bonds is 3. The van der Waals surface area contributed by atoms with E-state index in [1.54, 1.807) is 24.3 Å². The molecular weight excluding hydrogens is 240 g/mol. The molecule has 0 amide bonds. The minimum atomic E-state index is -1.11. The minimum Gasteiger partial charge on any atom is -0.493 e. The van der Waals surface area contributed by atoms with Gasteiger partial charge in [0.2, 0.25) is 0 Å². The van der Waals surface area contributed by atoms with E-state index in [4.69, 9.17) is 4.74 Å². The van der Waals surface area contributed by atoms with E-state index in [0.717, 1.165) is 17.7 Å². The van der Waals surface area contributed by atoms with Crippen molar-refractivity contribution in [3.05, 3.63) is 65.2 Å². The van der Waals surface area contributed by atoms with Crippen molar-refractivity contribution in [1.29, 1.82) is 0 Å². The molecule has 1 N–H and O–H groups in total. The lowest BCUT2D eigenvalue weighted by molar-refractivity contribution is 0.0747. The smallest absolute Gasteiger partial charge is 0.195 e. The number of aliphatic hydroxyl groups excluding tert-OH is 1. The Labute approximate surface area is 111 Å². The van der Waals surface area contributed by atoms with Crippen LogP contribution in [0.25, 0.3) is 0 Å². The zero-order valence-corrected chi connectivity index (χ0v) is 10.4. The van der Waals surface area contributed by atoms with Crippen LogP contribution < -0.4 is 4.74 Å². The van der Waals surface area contributed by atoms with Crippen molar-refractivity contribution in [2.24, 2.45) is 0 Å². The molecule has 1 heterocycles. The third-order valence-corrected chi connectivity index (χ3v) is 3.34. The highest BCUT2D eigenvalue weighted by atomic mass is 16.5. The van der Waals surface area contributed by atoms with E-state index in [1.807, 2.05) is 24.3 Å². The van der Waals surface area contributed by atoms with E-state index in [0.29, 0.717) is 17.7 Å². The molecule has 1 aliphatic heterocycles. The molecule has 3 nitrogen and oxygen atoms in total. The minimum absolute atomic E-state index is 0.277. The molecule has 0 saturated heterocycles. The van der Waals surface area contributed by atoms with Crippen molar-refractivity contribution in [1.82, 2.24) is 0 Å². The van der Waals surface area contributed by atoms with Crippen molar-refractivity contribution in [2.45, 2.75) is 12.5 Å². The number of hydrogen-bond acceptors (Lipinski definition) is 3. The second-order valence-corrected chi connectivity index (χ2v) is 4.60. The SMILES string of the molecule is O=C(c1ccc2c(c1)CCO2)C(O)c1ccccc1. The van der Waals surface area contributed by atoms with Crippen molar-refractivity contribution >= 4 is 5.78 Å². The molecule has 1 aliphatic rings. The molecule has 96 valence electrons. The van der Waals surface area contributed by atoms with Crippen LogP contribution in [0.5, 0.6) is 5.75 Å². The van der Waals surface area contributed by atoms with E-state index < -0.39 is 6.10 Å². The topological polar surface area (TPSA) is 46.5 Å². The second kappa shape index (κ2) is 4.86. The standard InChI is InChI=1S/C16H14O3/c17-15(11-4-2-1-3-5-11)16(18)13-6-7-14-12(10-13)8-9-19-14/h1-7,10,15,17H,8-9H2.